The molecule has 2 fully saturated rings. The van der Waals surface area contributed by atoms with Gasteiger partial charge in [0.1, 0.15) is 22.5 Å². The first-order valence-electron chi connectivity index (χ1n) is 10.4. The Bertz CT molecular complexity index is 1070. The minimum Gasteiger partial charge on any atom is -0.335 e. The Balaban J connectivity index is 1.69. The van der Waals surface area contributed by atoms with Gasteiger partial charge in [-0.25, -0.2) is 4.39 Å². The Kier molecular flexibility index (Phi) is 6.58. The summed E-state index contributed by atoms with van der Waals surface area (Å²) >= 11 is 1.23. The third-order valence-electron chi connectivity index (χ3n) is 5.63. The van der Waals surface area contributed by atoms with Crippen molar-refractivity contribution < 1.29 is 14.0 Å². The summed E-state index contributed by atoms with van der Waals surface area (Å²) in [6, 6.07) is 17.1. The first-order chi connectivity index (χ1) is 15.5. The Morgan fingerprint density at radius 2 is 1.75 bits per heavy atom. The third-order valence-corrected chi connectivity index (χ3v) is 6.89. The fourth-order valence-corrected chi connectivity index (χ4v) is 5.10. The molecule has 2 amide bonds. The van der Waals surface area contributed by atoms with Crippen LogP contribution in [-0.2, 0) is 16.0 Å². The molecule has 0 N–H and O–H groups in total. The molecule has 2 aromatic carbocycles. The van der Waals surface area contributed by atoms with Gasteiger partial charge in [0.15, 0.2) is 0 Å². The van der Waals surface area contributed by atoms with Crippen molar-refractivity contribution in [1.82, 2.24) is 9.80 Å². The van der Waals surface area contributed by atoms with Crippen molar-refractivity contribution in [3.05, 3.63) is 76.6 Å². The summed E-state index contributed by atoms with van der Waals surface area (Å²) in [5.74, 6) is -0.881. The number of benzene rings is 2. The smallest absolute Gasteiger partial charge is 0.267 e. The molecule has 0 aromatic heterocycles. The average Bonchev–Trinajstić information content (AvgIpc) is 3.12. The molecule has 0 bridgehead atoms. The van der Waals surface area contributed by atoms with Gasteiger partial charge in [0, 0.05) is 31.9 Å². The van der Waals surface area contributed by atoms with E-state index in [1.807, 2.05) is 25.2 Å². The van der Waals surface area contributed by atoms with Crippen molar-refractivity contribution in [3.8, 4) is 6.07 Å². The summed E-state index contributed by atoms with van der Waals surface area (Å²) in [7, 11) is 1.99. The van der Waals surface area contributed by atoms with Crippen LogP contribution in [0.15, 0.2) is 65.2 Å². The second-order valence-electron chi connectivity index (χ2n) is 7.83. The number of amides is 2. The fraction of sp³-hybridized carbons (Fsp3) is 0.292. The molecule has 0 saturated carbocycles. The van der Waals surface area contributed by atoms with E-state index in [1.54, 1.807) is 29.2 Å². The first kappa shape index (κ1) is 22.1. The lowest BCUT2D eigenvalue weighted by Gasteiger charge is -2.32. The third kappa shape index (κ3) is 4.54. The number of piperazine rings is 1. The number of rotatable bonds is 4. The molecular formula is C24H23FN4O2S. The predicted octanol–water partition coefficient (Wildman–Crippen LogP) is 3.03. The number of carbonyl (C=O) groups is 2. The van der Waals surface area contributed by atoms with Crippen LogP contribution in [0.1, 0.15) is 5.56 Å². The first-order valence-corrected chi connectivity index (χ1v) is 11.3. The summed E-state index contributed by atoms with van der Waals surface area (Å²) in [4.78, 5) is 31.9. The summed E-state index contributed by atoms with van der Waals surface area (Å²) in [5, 5.41) is 9.78. The van der Waals surface area contributed by atoms with E-state index >= 15 is 0 Å². The number of carbonyl (C=O) groups excluding carboxylic acids is 2. The number of likely N-dealkylation sites (N-methyl/N-ethyl adjacent to an activating group) is 1. The summed E-state index contributed by atoms with van der Waals surface area (Å²) in [6.45, 7) is 2.55. The van der Waals surface area contributed by atoms with Crippen molar-refractivity contribution in [2.45, 2.75) is 11.7 Å². The molecule has 2 aromatic rings. The predicted molar refractivity (Wildman–Crippen MR) is 122 cm³/mol. The molecule has 2 aliphatic rings. The van der Waals surface area contributed by atoms with Gasteiger partial charge in [-0.15, -0.1) is 0 Å². The van der Waals surface area contributed by atoms with Gasteiger partial charge in [-0.2, -0.15) is 5.26 Å². The van der Waals surface area contributed by atoms with E-state index < -0.39 is 5.25 Å². The highest BCUT2D eigenvalue weighted by Crippen LogP contribution is 2.42. The number of para-hydroxylation sites is 1. The molecule has 0 aliphatic carbocycles. The molecule has 2 aliphatic heterocycles. The van der Waals surface area contributed by atoms with Gasteiger partial charge < -0.3 is 9.80 Å². The van der Waals surface area contributed by atoms with E-state index in [-0.39, 0.29) is 23.2 Å². The minimum absolute atomic E-state index is 0.0154. The van der Waals surface area contributed by atoms with Gasteiger partial charge in [-0.05, 0) is 43.3 Å². The van der Waals surface area contributed by atoms with Gasteiger partial charge in [-0.1, -0.05) is 42.1 Å². The van der Waals surface area contributed by atoms with Crippen LogP contribution in [0.2, 0.25) is 0 Å². The normalized spacial score (nSPS) is 20.9. The van der Waals surface area contributed by atoms with E-state index in [0.717, 1.165) is 18.7 Å². The second kappa shape index (κ2) is 9.55. The Morgan fingerprint density at radius 1 is 1.09 bits per heavy atom. The van der Waals surface area contributed by atoms with E-state index in [4.69, 9.17) is 0 Å². The summed E-state index contributed by atoms with van der Waals surface area (Å²) < 4.78 is 13.3. The lowest BCUT2D eigenvalue weighted by atomic mass is 10.1. The molecule has 2 saturated heterocycles. The largest absolute Gasteiger partial charge is 0.335 e. The van der Waals surface area contributed by atoms with Crippen LogP contribution in [-0.4, -0.2) is 60.1 Å². The van der Waals surface area contributed by atoms with Crippen LogP contribution < -0.4 is 4.90 Å². The monoisotopic (exact) mass is 450 g/mol. The van der Waals surface area contributed by atoms with E-state index in [0.29, 0.717) is 30.2 Å². The lowest BCUT2D eigenvalue weighted by Crippen LogP contribution is -2.47. The lowest BCUT2D eigenvalue weighted by molar-refractivity contribution is -0.128. The number of hydrogen-bond donors (Lipinski definition) is 0. The number of thioether (sulfide) groups is 1. The topological polar surface area (TPSA) is 67.6 Å². The zero-order valence-corrected chi connectivity index (χ0v) is 18.5. The maximum Gasteiger partial charge on any atom is 0.267 e. The fourth-order valence-electron chi connectivity index (χ4n) is 3.79. The Morgan fingerprint density at radius 3 is 2.38 bits per heavy atom. The Labute approximate surface area is 190 Å². The Hall–Kier alpha value is -3.15. The van der Waals surface area contributed by atoms with Crippen LogP contribution >= 0.6 is 11.8 Å². The maximum atomic E-state index is 13.4. The molecule has 32 heavy (non-hydrogen) atoms. The molecule has 0 radical (unpaired) electrons. The van der Waals surface area contributed by atoms with Gasteiger partial charge in [0.05, 0.1) is 5.25 Å². The molecule has 1 unspecified atom stereocenters. The van der Waals surface area contributed by atoms with Crippen molar-refractivity contribution in [2.75, 3.05) is 38.1 Å². The number of nitrogens with zero attached hydrogens (tertiary/aromatic N) is 4. The van der Waals surface area contributed by atoms with Crippen LogP contribution in [0.4, 0.5) is 10.1 Å². The highest BCUT2D eigenvalue weighted by molar-refractivity contribution is 8.05. The van der Waals surface area contributed by atoms with Crippen LogP contribution in [0.5, 0.6) is 0 Å². The van der Waals surface area contributed by atoms with E-state index in [9.17, 15) is 19.2 Å². The van der Waals surface area contributed by atoms with Gasteiger partial charge in [-0.3, -0.25) is 14.5 Å². The van der Waals surface area contributed by atoms with Crippen molar-refractivity contribution in [1.29, 1.82) is 5.26 Å². The average molecular weight is 451 g/mol. The molecule has 164 valence electrons. The molecule has 4 rings (SSSR count). The molecule has 1 atom stereocenters. The van der Waals surface area contributed by atoms with Crippen LogP contribution in [0, 0.1) is 17.1 Å². The number of nitriles is 1. The zero-order valence-electron chi connectivity index (χ0n) is 17.7. The van der Waals surface area contributed by atoms with Gasteiger partial charge in [0.2, 0.25) is 5.91 Å². The standard InChI is InChI=1S/C24H23FN4O2S/c1-27-11-13-28(14-12-27)22(30)20(16-26)24-29(19-5-3-2-4-6-19)23(31)21(32-24)15-17-7-9-18(25)10-8-17/h2-10,21H,11-15H2,1H3/b24-20-. The van der Waals surface area contributed by atoms with Crippen LogP contribution in [0.3, 0.4) is 0 Å². The molecule has 6 nitrogen and oxygen atoms in total. The van der Waals surface area contributed by atoms with Crippen molar-refractivity contribution >= 4 is 29.3 Å². The van der Waals surface area contributed by atoms with Gasteiger partial charge >= 0.3 is 0 Å². The number of halogens is 1. The molecular weight excluding hydrogens is 427 g/mol. The SMILES string of the molecule is CN1CCN(C(=O)/C(C#N)=C2\SC(Cc3ccc(F)cc3)C(=O)N2c2ccccc2)CC1. The van der Waals surface area contributed by atoms with E-state index in [2.05, 4.69) is 11.0 Å². The highest BCUT2D eigenvalue weighted by Gasteiger charge is 2.41. The number of anilines is 1. The molecule has 8 heteroatoms. The van der Waals surface area contributed by atoms with Crippen molar-refractivity contribution in [2.24, 2.45) is 0 Å². The molecule has 2 heterocycles. The second-order valence-corrected chi connectivity index (χ2v) is 9.03. The zero-order chi connectivity index (χ0) is 22.7. The van der Waals surface area contributed by atoms with Crippen molar-refractivity contribution in [3.63, 3.8) is 0 Å². The van der Waals surface area contributed by atoms with Crippen LogP contribution in [0.25, 0.3) is 0 Å². The summed E-state index contributed by atoms with van der Waals surface area (Å²) in [5.41, 5.74) is 1.41. The highest BCUT2D eigenvalue weighted by atomic mass is 32.2. The summed E-state index contributed by atoms with van der Waals surface area (Å²) in [6.07, 6.45) is 0.373. The maximum absolute atomic E-state index is 13.4. The van der Waals surface area contributed by atoms with E-state index in [1.165, 1.54) is 28.8 Å². The quantitative estimate of drug-likeness (QED) is 0.529. The number of hydrogen-bond acceptors (Lipinski definition) is 5. The molecule has 0 spiro atoms. The minimum atomic E-state index is -0.515. The van der Waals surface area contributed by atoms with Gasteiger partial charge in [0.25, 0.3) is 5.91 Å².